The van der Waals surface area contributed by atoms with Crippen LogP contribution in [0.5, 0.6) is 0 Å². The number of hydrogen-bond acceptors (Lipinski definition) is 5. The first kappa shape index (κ1) is 26.6. The third-order valence-corrected chi connectivity index (χ3v) is 10.1. The molecule has 0 spiro atoms. The number of anilines is 2. The summed E-state index contributed by atoms with van der Waals surface area (Å²) in [6, 6.07) is 7.27. The molecule has 3 aliphatic rings. The normalized spacial score (nSPS) is 26.9. The standard InChI is InChI=1S/C30H44N2OS2/c1-9-19-10-13-26-30(8,17-19)35-25-14-20(11-12-24(25)32-26)31-18-34-21-15-22(28(2,3)4)27(33)23(16-21)29(5,6)7/h10-12,14-15,21,26,31-33H,9,13,16-18H2,1-8H3. The zero-order valence-electron chi connectivity index (χ0n) is 22.8. The van der Waals surface area contributed by atoms with Crippen molar-refractivity contribution in [2.45, 2.75) is 102 Å². The van der Waals surface area contributed by atoms with Crippen LogP contribution in [0.2, 0.25) is 0 Å². The topological polar surface area (TPSA) is 44.3 Å². The third-order valence-electron chi connectivity index (χ3n) is 7.65. The summed E-state index contributed by atoms with van der Waals surface area (Å²) in [6.07, 6.45) is 9.09. The summed E-state index contributed by atoms with van der Waals surface area (Å²) in [4.78, 5) is 1.35. The summed E-state index contributed by atoms with van der Waals surface area (Å²) in [5.41, 5.74) is 6.19. The molecule has 0 amide bonds. The molecule has 0 aromatic heterocycles. The Morgan fingerprint density at radius 2 is 1.91 bits per heavy atom. The fourth-order valence-electron chi connectivity index (χ4n) is 5.43. The van der Waals surface area contributed by atoms with Gasteiger partial charge >= 0.3 is 0 Å². The average Bonchev–Trinajstić information content (AvgIpc) is 2.76. The Morgan fingerprint density at radius 1 is 1.17 bits per heavy atom. The molecule has 3 atom stereocenters. The Labute approximate surface area is 221 Å². The van der Waals surface area contributed by atoms with Crippen molar-refractivity contribution in [1.29, 1.82) is 0 Å². The lowest BCUT2D eigenvalue weighted by atomic mass is 9.74. The fourth-order valence-corrected chi connectivity index (χ4v) is 7.89. The van der Waals surface area contributed by atoms with E-state index in [0.29, 0.717) is 17.1 Å². The van der Waals surface area contributed by atoms with Crippen LogP contribution >= 0.6 is 23.5 Å². The highest BCUT2D eigenvalue weighted by molar-refractivity contribution is 8.01. The first-order chi connectivity index (χ1) is 16.3. The summed E-state index contributed by atoms with van der Waals surface area (Å²) < 4.78 is 0.217. The van der Waals surface area contributed by atoms with E-state index in [2.05, 4.69) is 108 Å². The molecule has 3 nitrogen and oxygen atoms in total. The van der Waals surface area contributed by atoms with Crippen LogP contribution in [0.25, 0.3) is 0 Å². The molecule has 3 unspecified atom stereocenters. The molecule has 1 aliphatic heterocycles. The molecular weight excluding hydrogens is 468 g/mol. The lowest BCUT2D eigenvalue weighted by molar-refractivity contribution is 0.339. The smallest absolute Gasteiger partial charge is 0.118 e. The van der Waals surface area contributed by atoms with E-state index >= 15 is 0 Å². The van der Waals surface area contributed by atoms with Gasteiger partial charge in [-0.1, -0.05) is 66.2 Å². The molecule has 0 saturated heterocycles. The second-order valence-corrected chi connectivity index (χ2v) is 15.4. The first-order valence-corrected chi connectivity index (χ1v) is 14.9. The number of nitrogens with one attached hydrogen (secondary N) is 2. The van der Waals surface area contributed by atoms with Crippen LogP contribution in [0.1, 0.15) is 81.1 Å². The highest BCUT2D eigenvalue weighted by Crippen LogP contribution is 2.51. The second-order valence-electron chi connectivity index (χ2n) is 12.6. The molecule has 1 heterocycles. The van der Waals surface area contributed by atoms with Gasteiger partial charge in [-0.05, 0) is 72.8 Å². The van der Waals surface area contributed by atoms with Crippen molar-refractivity contribution in [2.75, 3.05) is 16.5 Å². The van der Waals surface area contributed by atoms with Crippen molar-refractivity contribution < 1.29 is 5.11 Å². The predicted molar refractivity (Wildman–Crippen MR) is 157 cm³/mol. The van der Waals surface area contributed by atoms with Gasteiger partial charge in [0.15, 0.2) is 0 Å². The highest BCUT2D eigenvalue weighted by Gasteiger charge is 2.41. The summed E-state index contributed by atoms with van der Waals surface area (Å²) in [7, 11) is 0. The predicted octanol–water partition coefficient (Wildman–Crippen LogP) is 9.17. The summed E-state index contributed by atoms with van der Waals surface area (Å²) >= 11 is 3.98. The number of aliphatic hydroxyl groups excluding tert-OH is 1. The number of aliphatic hydroxyl groups is 1. The Kier molecular flexibility index (Phi) is 7.43. The van der Waals surface area contributed by atoms with Crippen LogP contribution in [0.15, 0.2) is 57.7 Å². The Hall–Kier alpha value is -1.46. The molecule has 192 valence electrons. The van der Waals surface area contributed by atoms with E-state index < -0.39 is 0 Å². The van der Waals surface area contributed by atoms with Crippen molar-refractivity contribution in [3.8, 4) is 0 Å². The molecule has 35 heavy (non-hydrogen) atoms. The van der Waals surface area contributed by atoms with E-state index in [1.165, 1.54) is 28.3 Å². The van der Waals surface area contributed by atoms with Crippen molar-refractivity contribution in [3.63, 3.8) is 0 Å². The van der Waals surface area contributed by atoms with E-state index in [9.17, 15) is 5.11 Å². The first-order valence-electron chi connectivity index (χ1n) is 13.1. The molecule has 2 aliphatic carbocycles. The van der Waals surface area contributed by atoms with Crippen LogP contribution in [-0.4, -0.2) is 27.0 Å². The molecule has 4 rings (SSSR count). The van der Waals surface area contributed by atoms with Gasteiger partial charge in [0.25, 0.3) is 0 Å². The van der Waals surface area contributed by atoms with Gasteiger partial charge in [0.1, 0.15) is 5.76 Å². The summed E-state index contributed by atoms with van der Waals surface area (Å²) in [5, 5.41) is 18.9. The van der Waals surface area contributed by atoms with Gasteiger partial charge in [0.05, 0.1) is 5.88 Å². The Morgan fingerprint density at radius 3 is 2.57 bits per heavy atom. The van der Waals surface area contributed by atoms with Gasteiger partial charge < -0.3 is 15.7 Å². The van der Waals surface area contributed by atoms with Crippen LogP contribution in [0.4, 0.5) is 11.4 Å². The Balaban J connectivity index is 1.43. The molecular formula is C30H44N2OS2. The van der Waals surface area contributed by atoms with Gasteiger partial charge in [-0.15, -0.1) is 23.5 Å². The number of fused-ring (bicyclic) bond motifs is 2. The average molecular weight is 513 g/mol. The van der Waals surface area contributed by atoms with Gasteiger partial charge in [0.2, 0.25) is 0 Å². The number of allylic oxidation sites excluding steroid dienone is 3. The van der Waals surface area contributed by atoms with E-state index in [1.54, 1.807) is 5.57 Å². The van der Waals surface area contributed by atoms with Crippen molar-refractivity contribution in [1.82, 2.24) is 0 Å². The Bertz CT molecular complexity index is 1060. The number of thioether (sulfide) groups is 2. The number of rotatable bonds is 5. The number of benzene rings is 1. The quantitative estimate of drug-likeness (QED) is 0.271. The van der Waals surface area contributed by atoms with Gasteiger partial charge in [-0.2, -0.15) is 0 Å². The highest BCUT2D eigenvalue weighted by atomic mass is 32.2. The minimum atomic E-state index is -0.0735. The molecule has 1 aromatic carbocycles. The van der Waals surface area contributed by atoms with Crippen LogP contribution < -0.4 is 10.6 Å². The van der Waals surface area contributed by atoms with E-state index in [4.69, 9.17) is 0 Å². The minimum absolute atomic E-state index is 0.0380. The SMILES string of the molecule is CCC1=CCC2Nc3ccc(NCSC4C=C(C(C)(C)C)C(O)=C(C(C)(C)C)C4)cc3SC2(C)C1. The van der Waals surface area contributed by atoms with Crippen molar-refractivity contribution in [3.05, 3.63) is 52.8 Å². The van der Waals surface area contributed by atoms with E-state index in [0.717, 1.165) is 30.7 Å². The maximum Gasteiger partial charge on any atom is 0.118 e. The zero-order chi connectivity index (χ0) is 25.6. The lowest BCUT2D eigenvalue weighted by Crippen LogP contribution is -2.46. The fraction of sp³-hybridized carbons (Fsp3) is 0.600. The molecule has 0 fully saturated rings. The molecule has 0 bridgehead atoms. The summed E-state index contributed by atoms with van der Waals surface area (Å²) in [5.74, 6) is 1.36. The van der Waals surface area contributed by atoms with E-state index in [-0.39, 0.29) is 15.6 Å². The van der Waals surface area contributed by atoms with Crippen LogP contribution in [-0.2, 0) is 0 Å². The maximum atomic E-state index is 11.0. The molecule has 3 N–H and O–H groups in total. The monoisotopic (exact) mass is 512 g/mol. The van der Waals surface area contributed by atoms with Gasteiger partial charge in [-0.3, -0.25) is 0 Å². The summed E-state index contributed by atoms with van der Waals surface area (Å²) in [6.45, 7) is 17.9. The van der Waals surface area contributed by atoms with Gasteiger partial charge in [-0.25, -0.2) is 0 Å². The minimum Gasteiger partial charge on any atom is -0.508 e. The second kappa shape index (κ2) is 9.78. The van der Waals surface area contributed by atoms with E-state index in [1.807, 2.05) is 11.8 Å². The molecule has 0 radical (unpaired) electrons. The van der Waals surface area contributed by atoms with Crippen LogP contribution in [0, 0.1) is 10.8 Å². The van der Waals surface area contributed by atoms with Crippen LogP contribution in [0.3, 0.4) is 0 Å². The molecule has 0 saturated carbocycles. The van der Waals surface area contributed by atoms with Crippen molar-refractivity contribution in [2.24, 2.45) is 10.8 Å². The number of hydrogen-bond donors (Lipinski definition) is 3. The lowest BCUT2D eigenvalue weighted by Gasteiger charge is -2.45. The van der Waals surface area contributed by atoms with Gasteiger partial charge in [0, 0.05) is 32.3 Å². The largest absolute Gasteiger partial charge is 0.508 e. The third kappa shape index (κ3) is 5.77. The maximum absolute atomic E-state index is 11.0. The molecule has 1 aromatic rings. The van der Waals surface area contributed by atoms with Crippen molar-refractivity contribution >= 4 is 34.9 Å². The molecule has 5 heteroatoms. The zero-order valence-corrected chi connectivity index (χ0v) is 24.5.